The van der Waals surface area contributed by atoms with E-state index in [0.717, 1.165) is 24.8 Å². The minimum atomic E-state index is -0.794. The fourth-order valence-electron chi connectivity index (χ4n) is 3.03. The van der Waals surface area contributed by atoms with Crippen LogP contribution in [0.1, 0.15) is 40.0 Å². The summed E-state index contributed by atoms with van der Waals surface area (Å²) in [6.45, 7) is 5.82. The molecule has 0 amide bonds. The van der Waals surface area contributed by atoms with E-state index in [-0.39, 0.29) is 11.9 Å². The highest BCUT2D eigenvalue weighted by Crippen LogP contribution is 2.36. The number of carboxylic acids is 1. The fourth-order valence-corrected chi connectivity index (χ4v) is 3.03. The average Bonchev–Trinajstić information content (AvgIpc) is 2.35. The Morgan fingerprint density at radius 1 is 1.40 bits per heavy atom. The number of hydrogen-bond donors (Lipinski definition) is 2. The van der Waals surface area contributed by atoms with Gasteiger partial charge in [0.15, 0.2) is 0 Å². The van der Waals surface area contributed by atoms with Gasteiger partial charge in [0.1, 0.15) is 11.6 Å². The van der Waals surface area contributed by atoms with Crippen LogP contribution in [0.4, 0.5) is 0 Å². The molecule has 1 saturated heterocycles. The van der Waals surface area contributed by atoms with E-state index in [1.54, 1.807) is 0 Å². The summed E-state index contributed by atoms with van der Waals surface area (Å²) in [4.78, 5) is 23.6. The van der Waals surface area contributed by atoms with Gasteiger partial charge >= 0.3 is 11.9 Å². The summed E-state index contributed by atoms with van der Waals surface area (Å²) in [5, 5.41) is 12.4. The average molecular weight is 281 g/mol. The number of nitrogens with one attached hydrogen (secondary N) is 1. The van der Waals surface area contributed by atoms with Crippen LogP contribution in [-0.2, 0) is 14.3 Å². The van der Waals surface area contributed by atoms with Crippen LogP contribution in [0.2, 0.25) is 0 Å². The van der Waals surface area contributed by atoms with Gasteiger partial charge in [-0.1, -0.05) is 6.08 Å². The molecule has 1 aliphatic carbocycles. The molecule has 2 aliphatic rings. The van der Waals surface area contributed by atoms with Crippen LogP contribution in [0.3, 0.4) is 0 Å². The van der Waals surface area contributed by atoms with Crippen molar-refractivity contribution in [3.63, 3.8) is 0 Å². The summed E-state index contributed by atoms with van der Waals surface area (Å²) in [6, 6.07) is -0.491. The number of piperidine rings is 1. The molecule has 1 fully saturated rings. The Morgan fingerprint density at radius 2 is 2.10 bits per heavy atom. The molecule has 1 aliphatic heterocycles. The number of carboxylic acid groups (broad SMARTS) is 1. The summed E-state index contributed by atoms with van der Waals surface area (Å²) < 4.78 is 5.43. The first-order chi connectivity index (χ1) is 9.29. The van der Waals surface area contributed by atoms with Crippen molar-refractivity contribution >= 4 is 11.9 Å². The summed E-state index contributed by atoms with van der Waals surface area (Å²) in [5.41, 5.74) is 0.372. The molecular weight excluding hydrogens is 258 g/mol. The van der Waals surface area contributed by atoms with E-state index in [1.807, 2.05) is 26.8 Å². The van der Waals surface area contributed by atoms with E-state index in [1.165, 1.54) is 0 Å². The van der Waals surface area contributed by atoms with Gasteiger partial charge in [0, 0.05) is 6.54 Å². The Morgan fingerprint density at radius 3 is 2.70 bits per heavy atom. The molecule has 5 nitrogen and oxygen atoms in total. The van der Waals surface area contributed by atoms with Crippen molar-refractivity contribution in [1.82, 2.24) is 5.32 Å². The number of ether oxygens (including phenoxy) is 1. The van der Waals surface area contributed by atoms with Gasteiger partial charge in [-0.25, -0.2) is 4.79 Å². The minimum absolute atomic E-state index is 0.0416. The number of hydrogen-bond acceptors (Lipinski definition) is 4. The van der Waals surface area contributed by atoms with E-state index in [2.05, 4.69) is 5.32 Å². The quantitative estimate of drug-likeness (QED) is 0.595. The molecule has 2 rings (SSSR count). The summed E-state index contributed by atoms with van der Waals surface area (Å²) >= 11 is 0. The van der Waals surface area contributed by atoms with E-state index in [9.17, 15) is 14.7 Å². The summed E-state index contributed by atoms with van der Waals surface area (Å²) in [5.74, 6) is -1.59. The van der Waals surface area contributed by atoms with Crippen LogP contribution in [0.25, 0.3) is 0 Å². The molecule has 3 unspecified atom stereocenters. The normalized spacial score (nSPS) is 30.1. The monoisotopic (exact) mass is 281 g/mol. The van der Waals surface area contributed by atoms with Crippen molar-refractivity contribution in [1.29, 1.82) is 0 Å². The zero-order valence-corrected chi connectivity index (χ0v) is 12.3. The van der Waals surface area contributed by atoms with Crippen molar-refractivity contribution in [3.8, 4) is 0 Å². The third-order valence-corrected chi connectivity index (χ3v) is 3.85. The standard InChI is InChI=1S/C15H23NO4/c1-15(2,3)20-14(19)12-10-7-5-4-6-9(10)11(8-16-12)13(17)18/h7,9,11-12,16H,4-6,8H2,1-3H3,(H,17,18). The molecule has 0 bridgehead atoms. The Hall–Kier alpha value is -1.36. The van der Waals surface area contributed by atoms with Gasteiger partial charge in [-0.15, -0.1) is 0 Å². The molecule has 0 aromatic carbocycles. The molecule has 0 aromatic rings. The zero-order valence-electron chi connectivity index (χ0n) is 12.3. The maximum Gasteiger partial charge on any atom is 0.327 e. The lowest BCUT2D eigenvalue weighted by molar-refractivity contribution is -0.158. The van der Waals surface area contributed by atoms with E-state index in [4.69, 9.17) is 4.74 Å². The maximum absolute atomic E-state index is 12.3. The second kappa shape index (κ2) is 5.56. The third kappa shape index (κ3) is 3.20. The first-order valence-corrected chi connectivity index (χ1v) is 7.18. The zero-order chi connectivity index (χ0) is 14.9. The fraction of sp³-hybridized carbons (Fsp3) is 0.733. The molecule has 5 heteroatoms. The van der Waals surface area contributed by atoms with E-state index in [0.29, 0.717) is 6.54 Å². The second-order valence-electron chi connectivity index (χ2n) is 6.56. The van der Waals surface area contributed by atoms with Gasteiger partial charge in [0.25, 0.3) is 0 Å². The Balaban J connectivity index is 2.18. The second-order valence-corrected chi connectivity index (χ2v) is 6.56. The number of esters is 1. The predicted octanol–water partition coefficient (Wildman–Crippen LogP) is 1.73. The number of aliphatic carboxylic acids is 1. The topological polar surface area (TPSA) is 75.6 Å². The van der Waals surface area contributed by atoms with Crippen LogP contribution in [0, 0.1) is 11.8 Å². The first-order valence-electron chi connectivity index (χ1n) is 7.18. The van der Waals surface area contributed by atoms with Crippen molar-refractivity contribution in [2.45, 2.75) is 51.7 Å². The van der Waals surface area contributed by atoms with Crippen LogP contribution in [0.5, 0.6) is 0 Å². The lowest BCUT2D eigenvalue weighted by Gasteiger charge is -2.39. The van der Waals surface area contributed by atoms with Gasteiger partial charge in [-0.2, -0.15) is 0 Å². The smallest absolute Gasteiger partial charge is 0.327 e. The highest BCUT2D eigenvalue weighted by atomic mass is 16.6. The minimum Gasteiger partial charge on any atom is -0.481 e. The highest BCUT2D eigenvalue weighted by molar-refractivity contribution is 5.82. The molecule has 2 N–H and O–H groups in total. The van der Waals surface area contributed by atoms with Crippen LogP contribution in [-0.4, -0.2) is 35.2 Å². The van der Waals surface area contributed by atoms with E-state index >= 15 is 0 Å². The molecule has 20 heavy (non-hydrogen) atoms. The first kappa shape index (κ1) is 15.0. The number of carbonyl (C=O) groups is 2. The lowest BCUT2D eigenvalue weighted by Crippen LogP contribution is -2.53. The van der Waals surface area contributed by atoms with Gasteiger partial charge in [0.2, 0.25) is 0 Å². The number of rotatable bonds is 2. The Labute approximate surface area is 119 Å². The van der Waals surface area contributed by atoms with Crippen LogP contribution < -0.4 is 5.32 Å². The Kier molecular flexibility index (Phi) is 4.18. The van der Waals surface area contributed by atoms with Gasteiger partial charge in [0.05, 0.1) is 5.92 Å². The summed E-state index contributed by atoms with van der Waals surface area (Å²) in [7, 11) is 0. The van der Waals surface area contributed by atoms with Crippen LogP contribution >= 0.6 is 0 Å². The molecule has 0 radical (unpaired) electrons. The predicted molar refractivity (Wildman–Crippen MR) is 74.2 cm³/mol. The number of fused-ring (bicyclic) bond motifs is 1. The van der Waals surface area contributed by atoms with Gasteiger partial charge in [-0.3, -0.25) is 4.79 Å². The summed E-state index contributed by atoms with van der Waals surface area (Å²) in [6.07, 6.45) is 4.74. The van der Waals surface area contributed by atoms with Crippen molar-refractivity contribution in [2.75, 3.05) is 6.54 Å². The molecule has 0 aromatic heterocycles. The molecule has 0 spiro atoms. The van der Waals surface area contributed by atoms with Crippen molar-refractivity contribution < 1.29 is 19.4 Å². The Bertz CT molecular complexity index is 436. The molecular formula is C15H23NO4. The van der Waals surface area contributed by atoms with Gasteiger partial charge < -0.3 is 15.2 Å². The third-order valence-electron chi connectivity index (χ3n) is 3.85. The van der Waals surface area contributed by atoms with Crippen LogP contribution in [0.15, 0.2) is 11.6 Å². The van der Waals surface area contributed by atoms with Crippen molar-refractivity contribution in [3.05, 3.63) is 11.6 Å². The SMILES string of the molecule is CC(C)(C)OC(=O)C1NCC(C(=O)O)C2CCCC=C12. The van der Waals surface area contributed by atoms with Gasteiger partial charge in [-0.05, 0) is 51.5 Å². The van der Waals surface area contributed by atoms with Crippen molar-refractivity contribution in [2.24, 2.45) is 11.8 Å². The number of allylic oxidation sites excluding steroid dienone is 1. The maximum atomic E-state index is 12.3. The molecule has 112 valence electrons. The molecule has 0 saturated carbocycles. The largest absolute Gasteiger partial charge is 0.481 e. The molecule has 1 heterocycles. The van der Waals surface area contributed by atoms with E-state index < -0.39 is 23.5 Å². The lowest BCUT2D eigenvalue weighted by atomic mass is 9.73. The molecule has 3 atom stereocenters. The number of carbonyl (C=O) groups excluding carboxylic acids is 1. The highest BCUT2D eigenvalue weighted by Gasteiger charge is 2.42.